The Hall–Kier alpha value is -2.65. The molecule has 0 saturated heterocycles. The quantitative estimate of drug-likeness (QED) is 0.292. The van der Waals surface area contributed by atoms with Crippen molar-refractivity contribution < 1.29 is 9.59 Å². The van der Waals surface area contributed by atoms with Gasteiger partial charge in [-0.05, 0) is 67.6 Å². The Morgan fingerprint density at radius 3 is 1.88 bits per heavy atom. The first kappa shape index (κ1) is 24.5. The number of nitrogens with one attached hydrogen (secondary N) is 2. The lowest BCUT2D eigenvalue weighted by molar-refractivity contribution is -0.124. The Morgan fingerprint density at radius 1 is 0.941 bits per heavy atom. The molecule has 1 heterocycles. The number of hydrogen-bond acceptors (Lipinski definition) is 6. The summed E-state index contributed by atoms with van der Waals surface area (Å²) in [5.41, 5.74) is 5.67. The van der Waals surface area contributed by atoms with Crippen LogP contribution in [-0.4, -0.2) is 28.0 Å². The molecular formula is C24H20Cl2N4O2S2. The van der Waals surface area contributed by atoms with E-state index in [-0.39, 0.29) is 5.96 Å². The molecule has 4 N–H and O–H groups in total. The van der Waals surface area contributed by atoms with E-state index in [2.05, 4.69) is 15.6 Å². The van der Waals surface area contributed by atoms with Crippen molar-refractivity contribution in [2.75, 3.05) is 0 Å². The maximum Gasteiger partial charge on any atom is 0.277 e. The van der Waals surface area contributed by atoms with Crippen LogP contribution in [0.1, 0.15) is 15.9 Å². The number of nitrogens with two attached hydrogens (primary N) is 1. The highest BCUT2D eigenvalue weighted by Gasteiger charge is 2.52. The summed E-state index contributed by atoms with van der Waals surface area (Å²) in [5.74, 6) is -1.02. The SMILES string of the molecule is Cc1ccc(C(=O)NC2(C(Sc3ccc(Cl)cc3)Sc3ccc(Cl)cc3)N=C(N)NC2=O)cc1. The van der Waals surface area contributed by atoms with Gasteiger partial charge in [0.15, 0.2) is 5.96 Å². The molecule has 3 aromatic rings. The number of benzene rings is 3. The normalized spacial score (nSPS) is 17.4. The van der Waals surface area contributed by atoms with Gasteiger partial charge in [0.25, 0.3) is 11.8 Å². The molecule has 0 spiro atoms. The molecule has 0 aliphatic carbocycles. The Kier molecular flexibility index (Phi) is 7.42. The van der Waals surface area contributed by atoms with Gasteiger partial charge in [0, 0.05) is 25.4 Å². The number of halogens is 2. The molecule has 10 heteroatoms. The van der Waals surface area contributed by atoms with Gasteiger partial charge in [0.05, 0.1) is 0 Å². The fraction of sp³-hybridized carbons (Fsp3) is 0.125. The van der Waals surface area contributed by atoms with Gasteiger partial charge in [-0.3, -0.25) is 14.9 Å². The Balaban J connectivity index is 1.74. The maximum absolute atomic E-state index is 13.3. The van der Waals surface area contributed by atoms with E-state index in [1.54, 1.807) is 36.4 Å². The van der Waals surface area contributed by atoms with Gasteiger partial charge in [0.2, 0.25) is 5.66 Å². The van der Waals surface area contributed by atoms with Crippen molar-refractivity contribution in [2.24, 2.45) is 10.7 Å². The van der Waals surface area contributed by atoms with Crippen molar-refractivity contribution in [3.05, 3.63) is 94.0 Å². The number of aliphatic imine (C=N–C) groups is 1. The molecule has 1 unspecified atom stereocenters. The third-order valence-corrected chi connectivity index (χ3v) is 8.24. The van der Waals surface area contributed by atoms with Gasteiger partial charge in [-0.1, -0.05) is 40.9 Å². The van der Waals surface area contributed by atoms with Crippen LogP contribution in [-0.2, 0) is 4.79 Å². The Labute approximate surface area is 215 Å². The number of rotatable bonds is 7. The van der Waals surface area contributed by atoms with Crippen LogP contribution in [0.3, 0.4) is 0 Å². The van der Waals surface area contributed by atoms with Crippen LogP contribution in [0.15, 0.2) is 87.6 Å². The minimum atomic E-state index is -1.67. The maximum atomic E-state index is 13.3. The van der Waals surface area contributed by atoms with Crippen molar-refractivity contribution in [3.8, 4) is 0 Å². The number of carbonyl (C=O) groups excluding carboxylic acids is 2. The molecule has 0 bridgehead atoms. The summed E-state index contributed by atoms with van der Waals surface area (Å²) in [6.07, 6.45) is 0. The van der Waals surface area contributed by atoms with E-state index in [4.69, 9.17) is 28.9 Å². The average molecular weight is 531 g/mol. The molecule has 3 aromatic carbocycles. The van der Waals surface area contributed by atoms with Gasteiger partial charge in [-0.25, -0.2) is 4.99 Å². The van der Waals surface area contributed by atoms with Crippen molar-refractivity contribution in [1.82, 2.24) is 10.6 Å². The zero-order chi connectivity index (χ0) is 24.3. The third-order valence-electron chi connectivity index (χ3n) is 4.96. The standard InChI is InChI=1S/C24H20Cl2N4O2S2/c1-14-2-4-15(5-3-14)20(31)29-24(21(32)28-23(27)30-24)22(33-18-10-6-16(25)7-11-18)34-19-12-8-17(26)9-13-19/h2-13,22H,1H3,(H,29,31)(H3,27,28,30,32). The van der Waals surface area contributed by atoms with Crippen LogP contribution >= 0.6 is 46.7 Å². The van der Waals surface area contributed by atoms with E-state index in [0.29, 0.717) is 15.6 Å². The molecule has 6 nitrogen and oxygen atoms in total. The van der Waals surface area contributed by atoms with Crippen LogP contribution in [0.25, 0.3) is 0 Å². The van der Waals surface area contributed by atoms with E-state index < -0.39 is 22.1 Å². The number of hydrogen-bond donors (Lipinski definition) is 3. The summed E-state index contributed by atoms with van der Waals surface area (Å²) in [7, 11) is 0. The summed E-state index contributed by atoms with van der Waals surface area (Å²) in [6, 6.07) is 21.5. The smallest absolute Gasteiger partial charge is 0.277 e. The zero-order valence-corrected chi connectivity index (χ0v) is 21.1. The lowest BCUT2D eigenvalue weighted by Gasteiger charge is -2.32. The molecule has 0 saturated carbocycles. The molecule has 2 amide bonds. The number of aryl methyl sites for hydroxylation is 1. The van der Waals surface area contributed by atoms with Crippen molar-refractivity contribution >= 4 is 64.5 Å². The number of carbonyl (C=O) groups is 2. The zero-order valence-electron chi connectivity index (χ0n) is 17.9. The molecule has 34 heavy (non-hydrogen) atoms. The van der Waals surface area contributed by atoms with E-state index in [1.807, 2.05) is 43.3 Å². The fourth-order valence-corrected chi connectivity index (χ4v) is 6.17. The molecule has 0 fully saturated rings. The molecule has 174 valence electrons. The Bertz CT molecular complexity index is 1190. The van der Waals surface area contributed by atoms with Crippen molar-refractivity contribution in [2.45, 2.75) is 27.0 Å². The summed E-state index contributed by atoms with van der Waals surface area (Å²) in [6.45, 7) is 1.93. The highest BCUT2D eigenvalue weighted by Crippen LogP contribution is 2.44. The molecule has 4 rings (SSSR count). The van der Waals surface area contributed by atoms with Gasteiger partial charge in [0.1, 0.15) is 4.58 Å². The minimum absolute atomic E-state index is 0.0624. The summed E-state index contributed by atoms with van der Waals surface area (Å²) < 4.78 is -0.620. The highest BCUT2D eigenvalue weighted by atomic mass is 35.5. The largest absolute Gasteiger partial charge is 0.370 e. The van der Waals surface area contributed by atoms with Crippen LogP contribution in [0, 0.1) is 6.92 Å². The van der Waals surface area contributed by atoms with Crippen LogP contribution in [0.5, 0.6) is 0 Å². The third kappa shape index (κ3) is 5.52. The molecule has 1 aliphatic rings. The molecule has 1 atom stereocenters. The first-order chi connectivity index (χ1) is 16.2. The topological polar surface area (TPSA) is 96.6 Å². The predicted molar refractivity (Wildman–Crippen MR) is 140 cm³/mol. The second kappa shape index (κ2) is 10.3. The van der Waals surface area contributed by atoms with E-state index >= 15 is 0 Å². The molecule has 1 aliphatic heterocycles. The number of thioether (sulfide) groups is 2. The van der Waals surface area contributed by atoms with Crippen LogP contribution in [0.4, 0.5) is 0 Å². The minimum Gasteiger partial charge on any atom is -0.370 e. The molecular weight excluding hydrogens is 511 g/mol. The highest BCUT2D eigenvalue weighted by molar-refractivity contribution is 8.17. The van der Waals surface area contributed by atoms with E-state index in [9.17, 15) is 9.59 Å². The van der Waals surface area contributed by atoms with Gasteiger partial charge in [-0.15, -0.1) is 23.5 Å². The molecule has 0 radical (unpaired) electrons. The summed E-state index contributed by atoms with van der Waals surface area (Å²) in [4.78, 5) is 32.6. The van der Waals surface area contributed by atoms with Crippen molar-refractivity contribution in [1.29, 1.82) is 0 Å². The van der Waals surface area contributed by atoms with E-state index in [0.717, 1.165) is 15.4 Å². The van der Waals surface area contributed by atoms with Gasteiger partial charge >= 0.3 is 0 Å². The lowest BCUT2D eigenvalue weighted by Crippen LogP contribution is -2.59. The van der Waals surface area contributed by atoms with Gasteiger partial charge in [-0.2, -0.15) is 0 Å². The predicted octanol–water partition coefficient (Wildman–Crippen LogP) is 5.08. The monoisotopic (exact) mass is 530 g/mol. The second-order valence-corrected chi connectivity index (χ2v) is 11.0. The lowest BCUT2D eigenvalue weighted by atomic mass is 10.1. The first-order valence-corrected chi connectivity index (χ1v) is 12.7. The second-order valence-electron chi connectivity index (χ2n) is 7.51. The van der Waals surface area contributed by atoms with Crippen molar-refractivity contribution in [3.63, 3.8) is 0 Å². The first-order valence-electron chi connectivity index (χ1n) is 10.2. The van der Waals surface area contributed by atoms with Gasteiger partial charge < -0.3 is 11.1 Å². The molecule has 0 aromatic heterocycles. The number of amides is 2. The van der Waals surface area contributed by atoms with Crippen LogP contribution in [0.2, 0.25) is 10.0 Å². The fourth-order valence-electron chi connectivity index (χ4n) is 3.20. The van der Waals surface area contributed by atoms with Crippen LogP contribution < -0.4 is 16.4 Å². The number of guanidine groups is 1. The number of nitrogens with zero attached hydrogens (tertiary/aromatic N) is 1. The summed E-state index contributed by atoms with van der Waals surface area (Å²) >= 11 is 14.8. The average Bonchev–Trinajstić information content (AvgIpc) is 3.10. The Morgan fingerprint density at radius 2 is 1.44 bits per heavy atom. The van der Waals surface area contributed by atoms with E-state index in [1.165, 1.54) is 23.5 Å². The summed E-state index contributed by atoms with van der Waals surface area (Å²) in [5, 5.41) is 6.59.